The van der Waals surface area contributed by atoms with Crippen LogP contribution in [0.4, 0.5) is 0 Å². The van der Waals surface area contributed by atoms with Crippen molar-refractivity contribution >= 4 is 11.0 Å². The highest BCUT2D eigenvalue weighted by atomic mass is 16.5. The zero-order valence-electron chi connectivity index (χ0n) is 13.2. The number of nitrogens with zero attached hydrogens (tertiary/aromatic N) is 2. The molecule has 0 radical (unpaired) electrons. The van der Waals surface area contributed by atoms with Crippen LogP contribution in [-0.2, 0) is 0 Å². The van der Waals surface area contributed by atoms with E-state index >= 15 is 0 Å². The lowest BCUT2D eigenvalue weighted by Gasteiger charge is -2.19. The average Bonchev–Trinajstić information content (AvgIpc) is 2.93. The van der Waals surface area contributed by atoms with E-state index in [1.807, 2.05) is 31.2 Å². The number of hydrogen-bond donors (Lipinski definition) is 1. The first kappa shape index (κ1) is 14.6. The normalized spacial score (nSPS) is 14.0. The predicted molar refractivity (Wildman–Crippen MR) is 89.1 cm³/mol. The van der Waals surface area contributed by atoms with Crippen LogP contribution in [-0.4, -0.2) is 16.7 Å². The number of nitrogens with two attached hydrogens (primary N) is 1. The van der Waals surface area contributed by atoms with Crippen molar-refractivity contribution in [2.75, 3.05) is 7.11 Å². The number of fused-ring (bicyclic) bond motifs is 1. The van der Waals surface area contributed by atoms with Gasteiger partial charge in [0, 0.05) is 6.07 Å². The molecule has 1 heterocycles. The molecular weight excluding hydrogens is 274 g/mol. The molecule has 0 aliphatic carbocycles. The number of methoxy groups -OCH3 is 1. The molecule has 2 unspecified atom stereocenters. The van der Waals surface area contributed by atoms with Crippen molar-refractivity contribution in [1.82, 2.24) is 9.55 Å². The van der Waals surface area contributed by atoms with E-state index in [2.05, 4.69) is 35.8 Å². The fraction of sp³-hybridized carbons (Fsp3) is 0.278. The Kier molecular flexibility index (Phi) is 3.86. The van der Waals surface area contributed by atoms with Crippen LogP contribution in [0.1, 0.15) is 37.3 Å². The summed E-state index contributed by atoms with van der Waals surface area (Å²) >= 11 is 0. The maximum Gasteiger partial charge on any atom is 0.127 e. The molecular formula is C18H21N3O. The second-order valence-electron chi connectivity index (χ2n) is 5.57. The number of benzene rings is 2. The van der Waals surface area contributed by atoms with Gasteiger partial charge in [-0.2, -0.15) is 0 Å². The van der Waals surface area contributed by atoms with Crippen LogP contribution < -0.4 is 10.5 Å². The van der Waals surface area contributed by atoms with Gasteiger partial charge in [0.25, 0.3) is 0 Å². The van der Waals surface area contributed by atoms with Crippen LogP contribution in [0.2, 0.25) is 0 Å². The minimum atomic E-state index is -0.135. The van der Waals surface area contributed by atoms with Crippen LogP contribution in [0.25, 0.3) is 11.0 Å². The van der Waals surface area contributed by atoms with Gasteiger partial charge in [0.05, 0.1) is 30.2 Å². The zero-order valence-corrected chi connectivity index (χ0v) is 13.2. The van der Waals surface area contributed by atoms with Gasteiger partial charge in [-0.1, -0.05) is 30.3 Å². The molecule has 3 aromatic rings. The number of ether oxygens (including phenoxy) is 1. The molecule has 22 heavy (non-hydrogen) atoms. The van der Waals surface area contributed by atoms with Crippen molar-refractivity contribution in [2.24, 2.45) is 5.73 Å². The van der Waals surface area contributed by atoms with Gasteiger partial charge in [-0.3, -0.25) is 0 Å². The Morgan fingerprint density at radius 2 is 1.82 bits per heavy atom. The Morgan fingerprint density at radius 3 is 2.45 bits per heavy atom. The summed E-state index contributed by atoms with van der Waals surface area (Å²) in [5, 5.41) is 0. The average molecular weight is 295 g/mol. The first-order valence-corrected chi connectivity index (χ1v) is 7.48. The van der Waals surface area contributed by atoms with Crippen LogP contribution in [0, 0.1) is 0 Å². The molecule has 4 heteroatoms. The standard InChI is InChI=1S/C18H21N3O/c1-12(19)18-20-16-11-15(22-3)9-10-17(16)21(18)13(2)14-7-5-4-6-8-14/h4-13H,19H2,1-3H3. The topological polar surface area (TPSA) is 53.1 Å². The van der Waals surface area contributed by atoms with Crippen molar-refractivity contribution in [3.63, 3.8) is 0 Å². The molecule has 4 nitrogen and oxygen atoms in total. The predicted octanol–water partition coefficient (Wildman–Crippen LogP) is 3.67. The Balaban J connectivity index is 2.20. The molecule has 0 aliphatic heterocycles. The lowest BCUT2D eigenvalue weighted by molar-refractivity contribution is 0.415. The van der Waals surface area contributed by atoms with Crippen molar-refractivity contribution in [2.45, 2.75) is 25.9 Å². The maximum absolute atomic E-state index is 6.15. The van der Waals surface area contributed by atoms with E-state index in [-0.39, 0.29) is 12.1 Å². The van der Waals surface area contributed by atoms with Crippen LogP contribution in [0.5, 0.6) is 5.75 Å². The fourth-order valence-corrected chi connectivity index (χ4v) is 2.83. The van der Waals surface area contributed by atoms with E-state index < -0.39 is 0 Å². The highest BCUT2D eigenvalue weighted by Gasteiger charge is 2.19. The van der Waals surface area contributed by atoms with Crippen molar-refractivity contribution in [3.8, 4) is 5.75 Å². The molecule has 1 aromatic heterocycles. The van der Waals surface area contributed by atoms with Gasteiger partial charge in [-0.15, -0.1) is 0 Å². The second kappa shape index (κ2) is 5.81. The van der Waals surface area contributed by atoms with Crippen molar-refractivity contribution < 1.29 is 4.74 Å². The molecule has 0 fully saturated rings. The summed E-state index contributed by atoms with van der Waals surface area (Å²) < 4.78 is 7.51. The largest absolute Gasteiger partial charge is 0.497 e. The Bertz CT molecular complexity index is 778. The van der Waals surface area contributed by atoms with Gasteiger partial charge >= 0.3 is 0 Å². The molecule has 0 bridgehead atoms. The van der Waals surface area contributed by atoms with Crippen molar-refractivity contribution in [1.29, 1.82) is 0 Å². The van der Waals surface area contributed by atoms with E-state index in [1.165, 1.54) is 5.56 Å². The van der Waals surface area contributed by atoms with E-state index in [1.54, 1.807) is 7.11 Å². The Morgan fingerprint density at radius 1 is 1.09 bits per heavy atom. The summed E-state index contributed by atoms with van der Waals surface area (Å²) in [5.41, 5.74) is 9.37. The minimum Gasteiger partial charge on any atom is -0.497 e. The smallest absolute Gasteiger partial charge is 0.127 e. The summed E-state index contributed by atoms with van der Waals surface area (Å²) in [6.45, 7) is 4.14. The Labute approximate surface area is 130 Å². The molecule has 0 aliphatic rings. The molecule has 2 atom stereocenters. The molecule has 0 saturated carbocycles. The highest BCUT2D eigenvalue weighted by Crippen LogP contribution is 2.30. The van der Waals surface area contributed by atoms with Gasteiger partial charge in [0.1, 0.15) is 11.6 Å². The van der Waals surface area contributed by atoms with Crippen LogP contribution in [0.15, 0.2) is 48.5 Å². The number of aromatic nitrogens is 2. The molecule has 2 aromatic carbocycles. The monoisotopic (exact) mass is 295 g/mol. The molecule has 0 amide bonds. The zero-order chi connectivity index (χ0) is 15.7. The summed E-state index contributed by atoms with van der Waals surface area (Å²) in [7, 11) is 1.66. The second-order valence-corrected chi connectivity index (χ2v) is 5.57. The van der Waals surface area contributed by atoms with Gasteiger partial charge in [0.2, 0.25) is 0 Å². The number of rotatable bonds is 4. The third-order valence-electron chi connectivity index (χ3n) is 4.00. The van der Waals surface area contributed by atoms with E-state index in [0.717, 1.165) is 22.6 Å². The number of imidazole rings is 1. The summed E-state index contributed by atoms with van der Waals surface area (Å²) in [6.07, 6.45) is 0. The SMILES string of the molecule is COc1ccc2c(c1)nc(C(C)N)n2C(C)c1ccccc1. The first-order valence-electron chi connectivity index (χ1n) is 7.48. The van der Waals surface area contributed by atoms with Gasteiger partial charge in [-0.05, 0) is 31.5 Å². The highest BCUT2D eigenvalue weighted by molar-refractivity contribution is 5.78. The molecule has 0 saturated heterocycles. The van der Waals surface area contributed by atoms with E-state index in [4.69, 9.17) is 15.5 Å². The minimum absolute atomic E-state index is 0.135. The third kappa shape index (κ3) is 2.46. The quantitative estimate of drug-likeness (QED) is 0.799. The van der Waals surface area contributed by atoms with E-state index in [0.29, 0.717) is 0 Å². The van der Waals surface area contributed by atoms with Crippen molar-refractivity contribution in [3.05, 3.63) is 59.9 Å². The summed E-state index contributed by atoms with van der Waals surface area (Å²) in [6, 6.07) is 16.4. The lowest BCUT2D eigenvalue weighted by atomic mass is 10.1. The van der Waals surface area contributed by atoms with Crippen LogP contribution in [0.3, 0.4) is 0 Å². The lowest BCUT2D eigenvalue weighted by Crippen LogP contribution is -2.17. The maximum atomic E-state index is 6.15. The Hall–Kier alpha value is -2.33. The molecule has 0 spiro atoms. The molecule has 114 valence electrons. The first-order chi connectivity index (χ1) is 10.6. The fourth-order valence-electron chi connectivity index (χ4n) is 2.83. The molecule has 2 N–H and O–H groups in total. The third-order valence-corrected chi connectivity index (χ3v) is 4.00. The summed E-state index contributed by atoms with van der Waals surface area (Å²) in [4.78, 5) is 4.73. The number of hydrogen-bond acceptors (Lipinski definition) is 3. The molecule has 3 rings (SSSR count). The van der Waals surface area contributed by atoms with Gasteiger partial charge in [0.15, 0.2) is 0 Å². The van der Waals surface area contributed by atoms with Crippen LogP contribution >= 0.6 is 0 Å². The van der Waals surface area contributed by atoms with E-state index in [9.17, 15) is 0 Å². The van der Waals surface area contributed by atoms with Gasteiger partial charge < -0.3 is 15.0 Å². The van der Waals surface area contributed by atoms with Gasteiger partial charge in [-0.25, -0.2) is 4.98 Å². The summed E-state index contributed by atoms with van der Waals surface area (Å²) in [5.74, 6) is 1.69.